The number of hydrogen-bond donors (Lipinski definition) is 0. The molecule has 1 unspecified atom stereocenters. The van der Waals surface area contributed by atoms with E-state index in [0.29, 0.717) is 10.0 Å². The van der Waals surface area contributed by atoms with Gasteiger partial charge in [0.25, 0.3) is 0 Å². The summed E-state index contributed by atoms with van der Waals surface area (Å²) >= 11 is 6.25. The van der Waals surface area contributed by atoms with Crippen molar-refractivity contribution in [3.63, 3.8) is 0 Å². The standard InChI is InChI=1S/C17H37ClN/c1-5-6-7-8-9-10-11-12-13-14-15-16-17(2)19(3,4)18/h17H,5-16H2,1-4H3/q+1. The molecule has 0 N–H and O–H groups in total. The molecule has 0 aromatic rings. The zero-order valence-corrected chi connectivity index (χ0v) is 14.6. The smallest absolute Gasteiger partial charge is 0.165 e. The molecule has 0 fully saturated rings. The van der Waals surface area contributed by atoms with Crippen LogP contribution in [0.5, 0.6) is 0 Å². The van der Waals surface area contributed by atoms with Crippen molar-refractivity contribution < 1.29 is 4.00 Å². The number of halogens is 1. The van der Waals surface area contributed by atoms with Crippen molar-refractivity contribution in [1.82, 2.24) is 0 Å². The summed E-state index contributed by atoms with van der Waals surface area (Å²) < 4.78 is 0.581. The zero-order chi connectivity index (χ0) is 14.6. The van der Waals surface area contributed by atoms with E-state index in [1.54, 1.807) is 0 Å². The van der Waals surface area contributed by atoms with Gasteiger partial charge in [0, 0.05) is 6.42 Å². The second-order valence-electron chi connectivity index (χ2n) is 6.57. The maximum absolute atomic E-state index is 6.25. The van der Waals surface area contributed by atoms with Gasteiger partial charge in [-0.3, -0.25) is 0 Å². The summed E-state index contributed by atoms with van der Waals surface area (Å²) in [6.07, 6.45) is 16.9. The summed E-state index contributed by atoms with van der Waals surface area (Å²) in [6, 6.07) is 0.570. The van der Waals surface area contributed by atoms with Crippen LogP contribution in [0.1, 0.15) is 90.9 Å². The Labute approximate surface area is 127 Å². The van der Waals surface area contributed by atoms with Crippen LogP contribution in [-0.2, 0) is 0 Å². The molecule has 0 bridgehead atoms. The molecular weight excluding hydrogens is 254 g/mol. The topological polar surface area (TPSA) is 0 Å². The number of unbranched alkanes of at least 4 members (excludes halogenated alkanes) is 10. The van der Waals surface area contributed by atoms with E-state index in [9.17, 15) is 0 Å². The van der Waals surface area contributed by atoms with E-state index < -0.39 is 0 Å². The fourth-order valence-corrected chi connectivity index (χ4v) is 2.51. The Balaban J connectivity index is 3.15. The van der Waals surface area contributed by atoms with E-state index in [-0.39, 0.29) is 0 Å². The third kappa shape index (κ3) is 13.0. The molecule has 116 valence electrons. The lowest BCUT2D eigenvalue weighted by Crippen LogP contribution is -2.37. The van der Waals surface area contributed by atoms with Crippen molar-refractivity contribution in [2.45, 2.75) is 96.9 Å². The molecule has 0 aromatic heterocycles. The molecule has 1 nitrogen and oxygen atoms in total. The Kier molecular flexibility index (Phi) is 12.2. The van der Waals surface area contributed by atoms with Gasteiger partial charge in [0.1, 0.15) is 6.04 Å². The Bertz CT molecular complexity index is 186. The molecule has 1 atom stereocenters. The van der Waals surface area contributed by atoms with Gasteiger partial charge in [0.2, 0.25) is 0 Å². The van der Waals surface area contributed by atoms with Gasteiger partial charge in [-0.15, -0.1) is 0 Å². The van der Waals surface area contributed by atoms with E-state index in [1.807, 2.05) is 0 Å². The lowest BCUT2D eigenvalue weighted by molar-refractivity contribution is -0.798. The molecule has 0 aliphatic carbocycles. The lowest BCUT2D eigenvalue weighted by atomic mass is 10.0. The molecule has 0 saturated carbocycles. The summed E-state index contributed by atoms with van der Waals surface area (Å²) in [5, 5.41) is 0. The van der Waals surface area contributed by atoms with Gasteiger partial charge >= 0.3 is 0 Å². The van der Waals surface area contributed by atoms with Crippen LogP contribution in [-0.4, -0.2) is 24.1 Å². The zero-order valence-electron chi connectivity index (χ0n) is 13.9. The summed E-state index contributed by atoms with van der Waals surface area (Å²) in [6.45, 7) is 4.54. The highest BCUT2D eigenvalue weighted by Gasteiger charge is 2.20. The summed E-state index contributed by atoms with van der Waals surface area (Å²) in [4.78, 5) is 0. The van der Waals surface area contributed by atoms with E-state index >= 15 is 0 Å². The number of nitrogens with zero attached hydrogens (tertiary/aromatic N) is 1. The van der Waals surface area contributed by atoms with Gasteiger partial charge in [-0.25, -0.2) is 4.00 Å². The van der Waals surface area contributed by atoms with Gasteiger partial charge in [0.05, 0.1) is 14.1 Å². The second kappa shape index (κ2) is 12.0. The fraction of sp³-hybridized carbons (Fsp3) is 1.00. The summed E-state index contributed by atoms with van der Waals surface area (Å²) in [5.74, 6) is 0. The molecule has 0 aliphatic heterocycles. The average Bonchev–Trinajstić information content (AvgIpc) is 2.34. The van der Waals surface area contributed by atoms with Crippen molar-refractivity contribution in [2.24, 2.45) is 0 Å². The number of hydrogen-bond acceptors (Lipinski definition) is 0. The van der Waals surface area contributed by atoms with E-state index in [0.717, 1.165) is 0 Å². The van der Waals surface area contributed by atoms with Gasteiger partial charge in [-0.05, 0) is 13.3 Å². The summed E-state index contributed by atoms with van der Waals surface area (Å²) in [7, 11) is 4.15. The highest BCUT2D eigenvalue weighted by molar-refractivity contribution is 6.06. The van der Waals surface area contributed by atoms with Crippen LogP contribution >= 0.6 is 11.8 Å². The third-order valence-electron chi connectivity index (χ3n) is 4.27. The van der Waals surface area contributed by atoms with Crippen molar-refractivity contribution in [3.8, 4) is 0 Å². The first-order chi connectivity index (χ1) is 8.98. The molecule has 19 heavy (non-hydrogen) atoms. The number of rotatable bonds is 13. The van der Waals surface area contributed by atoms with Crippen molar-refractivity contribution in [2.75, 3.05) is 14.1 Å². The highest BCUT2D eigenvalue weighted by Crippen LogP contribution is 2.18. The SMILES string of the molecule is CCCCCCCCCCCCCC(C)[N+](C)(C)Cl. The van der Waals surface area contributed by atoms with Crippen molar-refractivity contribution in [1.29, 1.82) is 0 Å². The van der Waals surface area contributed by atoms with Gasteiger partial charge in [-0.1, -0.05) is 71.1 Å². The molecule has 0 rings (SSSR count). The molecule has 0 saturated heterocycles. The Morgan fingerprint density at radius 2 is 1.11 bits per heavy atom. The lowest BCUT2D eigenvalue weighted by Gasteiger charge is -2.26. The van der Waals surface area contributed by atoms with Gasteiger partial charge in [0.15, 0.2) is 11.8 Å². The number of quaternary nitrogens is 1. The predicted octanol–water partition coefficient (Wildman–Crippen LogP) is 6.31. The first-order valence-corrected chi connectivity index (χ1v) is 8.85. The van der Waals surface area contributed by atoms with E-state index in [4.69, 9.17) is 11.8 Å². The Morgan fingerprint density at radius 3 is 1.47 bits per heavy atom. The molecule has 0 amide bonds. The van der Waals surface area contributed by atoms with Crippen LogP contribution in [0.25, 0.3) is 0 Å². The molecule has 0 aromatic carbocycles. The Hall–Kier alpha value is 0.250. The van der Waals surface area contributed by atoms with Crippen molar-refractivity contribution in [3.05, 3.63) is 0 Å². The van der Waals surface area contributed by atoms with Crippen LogP contribution < -0.4 is 0 Å². The van der Waals surface area contributed by atoms with Crippen LogP contribution in [0.2, 0.25) is 0 Å². The first kappa shape index (κ1) is 19.2. The Morgan fingerprint density at radius 1 is 0.737 bits per heavy atom. The molecule has 0 spiro atoms. The van der Waals surface area contributed by atoms with Crippen molar-refractivity contribution >= 4 is 11.8 Å². The normalized spacial score (nSPS) is 13.7. The first-order valence-electron chi connectivity index (χ1n) is 8.51. The minimum atomic E-state index is 0.570. The predicted molar refractivity (Wildman–Crippen MR) is 88.5 cm³/mol. The quantitative estimate of drug-likeness (QED) is 0.275. The minimum absolute atomic E-state index is 0.570. The summed E-state index contributed by atoms with van der Waals surface area (Å²) in [5.41, 5.74) is 0. The third-order valence-corrected chi connectivity index (χ3v) is 4.61. The van der Waals surface area contributed by atoms with Crippen LogP contribution in [0.15, 0.2) is 0 Å². The molecular formula is C17H37ClN+. The second-order valence-corrected chi connectivity index (χ2v) is 7.44. The highest BCUT2D eigenvalue weighted by atomic mass is 35.5. The monoisotopic (exact) mass is 290 g/mol. The van der Waals surface area contributed by atoms with Crippen LogP contribution in [0.3, 0.4) is 0 Å². The van der Waals surface area contributed by atoms with Crippen LogP contribution in [0, 0.1) is 0 Å². The maximum atomic E-state index is 6.25. The molecule has 0 aliphatic rings. The largest absolute Gasteiger partial charge is 0.225 e. The van der Waals surface area contributed by atoms with E-state index in [2.05, 4.69) is 27.9 Å². The average molecular weight is 291 g/mol. The van der Waals surface area contributed by atoms with Gasteiger partial charge in [-0.2, -0.15) is 0 Å². The molecule has 0 radical (unpaired) electrons. The molecule has 2 heteroatoms. The molecule has 0 heterocycles. The van der Waals surface area contributed by atoms with Crippen LogP contribution in [0.4, 0.5) is 0 Å². The minimum Gasteiger partial charge on any atom is -0.225 e. The fourth-order valence-electron chi connectivity index (χ4n) is 2.41. The van der Waals surface area contributed by atoms with Gasteiger partial charge < -0.3 is 0 Å². The maximum Gasteiger partial charge on any atom is 0.165 e. The van der Waals surface area contributed by atoms with E-state index in [1.165, 1.54) is 77.0 Å².